The third-order valence-corrected chi connectivity index (χ3v) is 16.1. The Morgan fingerprint density at radius 2 is 1.58 bits per heavy atom. The van der Waals surface area contributed by atoms with Crippen LogP contribution in [0.25, 0.3) is 0 Å². The average Bonchev–Trinajstić information content (AvgIpc) is 3.61. The second kappa shape index (κ2) is 20.0. The molecule has 2 spiro atoms. The van der Waals surface area contributed by atoms with Crippen molar-refractivity contribution in [2.24, 2.45) is 41.4 Å². The summed E-state index contributed by atoms with van der Waals surface area (Å²) in [4.78, 5) is 40.5. The van der Waals surface area contributed by atoms with Crippen LogP contribution < -0.4 is 15.4 Å². The first-order valence-electron chi connectivity index (χ1n) is 24.2. The lowest BCUT2D eigenvalue weighted by Gasteiger charge is -2.55. The molecule has 5 aliphatic heterocycles. The lowest BCUT2D eigenvalue weighted by molar-refractivity contribution is -0.397. The summed E-state index contributed by atoms with van der Waals surface area (Å²) in [6.07, 6.45) is 6.24. The molecular weight excluding hydrogens is 821 g/mol. The SMILES string of the molecule is CCC(C(=O)[C@@H](C)[C@@H](O)[C@H](C)[C@@H]1O[C@@H]([C@@H](CC)C(=O)O)CC[C@@H]1C)[C@H]1O[C@]2(C=CC(NC(=O)Nc3ccc(OC)cc3)[C@]3(CC[C@@](C)([C@H]4CC[C@](O)(CC)[C@H](C)O4)O3)O2)[C@H](C)C[C@@H]1C. The summed E-state index contributed by atoms with van der Waals surface area (Å²) in [6.45, 7) is 19.6. The van der Waals surface area contributed by atoms with E-state index < -0.39 is 95.0 Å². The Morgan fingerprint density at radius 3 is 2.19 bits per heavy atom. The molecule has 0 aliphatic carbocycles. The standard InChI is InChI=1S/C50H78N2O12/c1-12-36(45(55)56)38-20-15-28(4)43(61-38)32(8)41(53)31(7)42(54)37(13-2)44-29(5)27-30(6)49(62-44)24-21-39(52-46(57)51-34-16-18-35(59-11)19-17-34)50(64-49)26-25-47(10,63-50)40-22-23-48(58,14-3)33(9)60-40/h16-19,21,24,28-33,36-41,43-44,53,58H,12-15,20,22-23,25-27H2,1-11H3,(H,55,56)(H2,51,52,57)/t28-,29-,30+,31-,32-,33-,36+,37?,38+,39?,40+,41+,43+,44-,47-,48+,49-,50-/m0/s1. The van der Waals surface area contributed by atoms with Crippen LogP contribution in [0.1, 0.15) is 133 Å². The highest BCUT2D eigenvalue weighted by Crippen LogP contribution is 2.54. The van der Waals surface area contributed by atoms with E-state index >= 15 is 0 Å². The number of urea groups is 1. The van der Waals surface area contributed by atoms with Crippen molar-refractivity contribution < 1.29 is 58.1 Å². The predicted molar refractivity (Wildman–Crippen MR) is 242 cm³/mol. The lowest BCUT2D eigenvalue weighted by atomic mass is 9.72. The Bertz CT molecular complexity index is 1810. The van der Waals surface area contributed by atoms with E-state index in [1.54, 1.807) is 38.3 Å². The van der Waals surface area contributed by atoms with Gasteiger partial charge in [0.25, 0.3) is 0 Å². The number of aliphatic hydroxyl groups excluding tert-OH is 1. The van der Waals surface area contributed by atoms with Gasteiger partial charge >= 0.3 is 12.0 Å². The Balaban J connectivity index is 1.25. The van der Waals surface area contributed by atoms with Crippen LogP contribution in [-0.2, 0) is 33.3 Å². The Hall–Kier alpha value is -3.11. The number of nitrogens with one attached hydrogen (secondary N) is 2. The molecule has 0 aromatic heterocycles. The molecule has 14 nitrogen and oxygen atoms in total. The zero-order valence-corrected chi connectivity index (χ0v) is 40.1. The number of anilines is 1. The highest BCUT2D eigenvalue weighted by atomic mass is 16.8. The van der Waals surface area contributed by atoms with Crippen molar-refractivity contribution >= 4 is 23.5 Å². The van der Waals surface area contributed by atoms with Gasteiger partial charge in [0, 0.05) is 35.8 Å². The number of carboxylic acid groups (broad SMARTS) is 1. The topological polar surface area (TPSA) is 191 Å². The van der Waals surface area contributed by atoms with Crippen LogP contribution in [0.15, 0.2) is 36.4 Å². The number of ether oxygens (including phenoxy) is 6. The molecular formula is C50H78N2O12. The first-order chi connectivity index (χ1) is 30.2. The van der Waals surface area contributed by atoms with Crippen molar-refractivity contribution in [1.29, 1.82) is 0 Å². The van der Waals surface area contributed by atoms with E-state index in [1.165, 1.54) is 0 Å². The van der Waals surface area contributed by atoms with Crippen molar-refractivity contribution in [3.8, 4) is 5.75 Å². The van der Waals surface area contributed by atoms with Gasteiger partial charge in [0.05, 0.1) is 60.9 Å². The van der Waals surface area contributed by atoms with Gasteiger partial charge in [-0.1, -0.05) is 61.5 Å². The minimum absolute atomic E-state index is 0.0379. The van der Waals surface area contributed by atoms with Crippen molar-refractivity contribution in [2.45, 2.75) is 199 Å². The number of aliphatic carboxylic acids is 1. The van der Waals surface area contributed by atoms with Gasteiger partial charge in [0.1, 0.15) is 17.6 Å². The number of Topliss-reactive ketones (excluding diaryl/α,β-unsaturated/α-hetero) is 1. The second-order valence-corrected chi connectivity index (χ2v) is 20.3. The number of amides is 2. The fourth-order valence-electron chi connectivity index (χ4n) is 11.7. The summed E-state index contributed by atoms with van der Waals surface area (Å²) in [5.74, 6) is -5.54. The quantitative estimate of drug-likeness (QED) is 0.107. The van der Waals surface area contributed by atoms with Gasteiger partial charge in [-0.05, 0) is 114 Å². The average molecular weight is 899 g/mol. The van der Waals surface area contributed by atoms with Crippen molar-refractivity contribution in [3.05, 3.63) is 36.4 Å². The maximum absolute atomic E-state index is 14.7. The first kappa shape index (κ1) is 50.3. The molecule has 18 atom stereocenters. The summed E-state index contributed by atoms with van der Waals surface area (Å²) < 4.78 is 39.9. The first-order valence-corrected chi connectivity index (χ1v) is 24.2. The number of carboxylic acids is 1. The highest BCUT2D eigenvalue weighted by Gasteiger charge is 2.63. The van der Waals surface area contributed by atoms with E-state index in [0.29, 0.717) is 69.2 Å². The number of benzene rings is 1. The van der Waals surface area contributed by atoms with Crippen LogP contribution >= 0.6 is 0 Å². The monoisotopic (exact) mass is 899 g/mol. The van der Waals surface area contributed by atoms with Crippen LogP contribution in [0.2, 0.25) is 0 Å². The van der Waals surface area contributed by atoms with Crippen molar-refractivity contribution in [3.63, 3.8) is 0 Å². The molecule has 2 amide bonds. The molecule has 5 N–H and O–H groups in total. The minimum Gasteiger partial charge on any atom is -0.497 e. The Labute approximate surface area is 380 Å². The molecule has 6 rings (SSSR count). The fourth-order valence-corrected chi connectivity index (χ4v) is 11.7. The van der Waals surface area contributed by atoms with E-state index in [4.69, 9.17) is 28.4 Å². The van der Waals surface area contributed by atoms with Crippen molar-refractivity contribution in [2.75, 3.05) is 12.4 Å². The third kappa shape index (κ3) is 9.94. The van der Waals surface area contributed by atoms with Gasteiger partial charge in [0.15, 0.2) is 11.6 Å². The number of carbonyl (C=O) groups excluding carboxylic acids is 2. The molecule has 360 valence electrons. The Kier molecular flexibility index (Phi) is 15.7. The van der Waals surface area contributed by atoms with E-state index in [0.717, 1.165) is 6.42 Å². The van der Waals surface area contributed by atoms with E-state index in [-0.39, 0.29) is 29.6 Å². The number of hydrogen-bond donors (Lipinski definition) is 5. The summed E-state index contributed by atoms with van der Waals surface area (Å²) in [5, 5.41) is 39.1. The molecule has 4 fully saturated rings. The van der Waals surface area contributed by atoms with Crippen LogP contribution in [-0.4, -0.2) is 106 Å². The van der Waals surface area contributed by atoms with Crippen LogP contribution in [0.5, 0.6) is 5.75 Å². The van der Waals surface area contributed by atoms with E-state index in [1.807, 2.05) is 53.7 Å². The number of rotatable bonds is 15. The molecule has 2 unspecified atom stereocenters. The smallest absolute Gasteiger partial charge is 0.319 e. The van der Waals surface area contributed by atoms with Crippen LogP contribution in [0.3, 0.4) is 0 Å². The normalized spacial score (nSPS) is 40.0. The number of aliphatic hydroxyl groups is 2. The number of hydrogen-bond acceptors (Lipinski definition) is 11. The molecule has 0 bridgehead atoms. The zero-order valence-electron chi connectivity index (χ0n) is 40.1. The second-order valence-electron chi connectivity index (χ2n) is 20.3. The summed E-state index contributed by atoms with van der Waals surface area (Å²) in [6, 6.07) is 5.85. The zero-order chi connectivity index (χ0) is 46.9. The molecule has 0 radical (unpaired) electrons. The highest BCUT2D eigenvalue weighted by molar-refractivity contribution is 5.89. The minimum atomic E-state index is -1.39. The maximum Gasteiger partial charge on any atom is 0.319 e. The summed E-state index contributed by atoms with van der Waals surface area (Å²) in [5.41, 5.74) is -1.18. The largest absolute Gasteiger partial charge is 0.497 e. The number of ketones is 1. The predicted octanol–water partition coefficient (Wildman–Crippen LogP) is 8.03. The number of methoxy groups -OCH3 is 1. The van der Waals surface area contributed by atoms with Gasteiger partial charge in [-0.3, -0.25) is 9.59 Å². The van der Waals surface area contributed by atoms with Gasteiger partial charge in [-0.2, -0.15) is 0 Å². The molecule has 5 aliphatic rings. The fraction of sp³-hybridized carbons (Fsp3) is 0.780. The van der Waals surface area contributed by atoms with Crippen LogP contribution in [0.4, 0.5) is 10.5 Å². The van der Waals surface area contributed by atoms with Crippen LogP contribution in [0, 0.1) is 41.4 Å². The maximum atomic E-state index is 14.7. The number of carbonyl (C=O) groups is 3. The molecule has 5 heterocycles. The van der Waals surface area contributed by atoms with Crippen molar-refractivity contribution in [1.82, 2.24) is 5.32 Å². The molecule has 1 aromatic carbocycles. The van der Waals surface area contributed by atoms with Gasteiger partial charge < -0.3 is 54.4 Å². The van der Waals surface area contributed by atoms with E-state index in [9.17, 15) is 29.7 Å². The summed E-state index contributed by atoms with van der Waals surface area (Å²) >= 11 is 0. The lowest BCUT2D eigenvalue weighted by Crippen LogP contribution is -2.66. The third-order valence-electron chi connectivity index (χ3n) is 16.1. The molecule has 0 saturated carbocycles. The molecule has 14 heteroatoms. The van der Waals surface area contributed by atoms with E-state index in [2.05, 4.69) is 31.4 Å². The van der Waals surface area contributed by atoms with Gasteiger partial charge in [-0.15, -0.1) is 0 Å². The van der Waals surface area contributed by atoms with Gasteiger partial charge in [-0.25, -0.2) is 4.79 Å². The Morgan fingerprint density at radius 1 is 0.891 bits per heavy atom. The van der Waals surface area contributed by atoms with Gasteiger partial charge in [0.2, 0.25) is 0 Å². The summed E-state index contributed by atoms with van der Waals surface area (Å²) in [7, 11) is 1.58. The molecule has 4 saturated heterocycles. The molecule has 64 heavy (non-hydrogen) atoms. The molecule has 1 aromatic rings.